The molecule has 0 atom stereocenters. The number of aromatic nitrogens is 2. The van der Waals surface area contributed by atoms with Gasteiger partial charge in [0.2, 0.25) is 5.91 Å². The highest BCUT2D eigenvalue weighted by Crippen LogP contribution is 2.18. The Balaban J connectivity index is 1.72. The maximum Gasteiger partial charge on any atom is 0.278 e. The van der Waals surface area contributed by atoms with Crippen molar-refractivity contribution in [1.82, 2.24) is 9.55 Å². The zero-order valence-corrected chi connectivity index (χ0v) is 16.3. The fraction of sp³-hybridized carbons (Fsp3) is 0.0833. The molecule has 1 N–H and O–H groups in total. The molecule has 3 aromatic carbocycles. The summed E-state index contributed by atoms with van der Waals surface area (Å²) < 4.78 is 1.43. The first-order valence-corrected chi connectivity index (χ1v) is 9.49. The van der Waals surface area contributed by atoms with Crippen molar-refractivity contribution in [2.24, 2.45) is 0 Å². The van der Waals surface area contributed by atoms with Crippen molar-refractivity contribution in [3.63, 3.8) is 0 Å². The molecule has 0 aliphatic heterocycles. The van der Waals surface area contributed by atoms with Gasteiger partial charge in [0.25, 0.3) is 5.56 Å². The Hall–Kier alpha value is -4.06. The number of para-hydroxylation sites is 2. The van der Waals surface area contributed by atoms with Crippen LogP contribution in [0.4, 0.5) is 5.69 Å². The number of nitrogens with one attached hydrogen (secondary N) is 1. The van der Waals surface area contributed by atoms with E-state index >= 15 is 0 Å². The van der Waals surface area contributed by atoms with Crippen LogP contribution in [-0.2, 0) is 11.3 Å². The fourth-order valence-corrected chi connectivity index (χ4v) is 3.29. The van der Waals surface area contributed by atoms with E-state index in [1.807, 2.05) is 42.5 Å². The fourth-order valence-electron chi connectivity index (χ4n) is 3.29. The minimum absolute atomic E-state index is 0.0880. The highest BCUT2D eigenvalue weighted by Gasteiger charge is 2.15. The SMILES string of the molecule is CC(=O)c1cccc(NC(=O)Cn2c(=O)c(-c3ccccc3)nc3ccccc32)c1. The molecule has 0 unspecified atom stereocenters. The quantitative estimate of drug-likeness (QED) is 0.518. The number of benzene rings is 3. The molecule has 0 radical (unpaired) electrons. The first-order chi connectivity index (χ1) is 14.5. The molecule has 6 nitrogen and oxygen atoms in total. The van der Waals surface area contributed by atoms with Crippen LogP contribution in [0.1, 0.15) is 17.3 Å². The van der Waals surface area contributed by atoms with Crippen LogP contribution >= 0.6 is 0 Å². The normalized spacial score (nSPS) is 10.7. The van der Waals surface area contributed by atoms with Gasteiger partial charge in [-0.3, -0.25) is 19.0 Å². The van der Waals surface area contributed by atoms with Crippen molar-refractivity contribution in [2.45, 2.75) is 13.5 Å². The Morgan fingerprint density at radius 2 is 1.67 bits per heavy atom. The number of Topliss-reactive ketones (excluding diaryl/α,β-unsaturated/α-hetero) is 1. The van der Waals surface area contributed by atoms with Crippen LogP contribution in [0, 0.1) is 0 Å². The molecule has 1 amide bonds. The lowest BCUT2D eigenvalue weighted by Crippen LogP contribution is -2.29. The number of carbonyl (C=O) groups excluding carboxylic acids is 2. The van der Waals surface area contributed by atoms with Crippen molar-refractivity contribution >= 4 is 28.4 Å². The van der Waals surface area contributed by atoms with Gasteiger partial charge < -0.3 is 5.32 Å². The van der Waals surface area contributed by atoms with E-state index in [0.29, 0.717) is 33.5 Å². The third-order valence-corrected chi connectivity index (χ3v) is 4.75. The summed E-state index contributed by atoms with van der Waals surface area (Å²) in [6, 6.07) is 23.1. The van der Waals surface area contributed by atoms with E-state index in [4.69, 9.17) is 0 Å². The molecule has 30 heavy (non-hydrogen) atoms. The van der Waals surface area contributed by atoms with E-state index in [9.17, 15) is 14.4 Å². The Morgan fingerprint density at radius 1 is 0.933 bits per heavy atom. The second-order valence-corrected chi connectivity index (χ2v) is 6.89. The van der Waals surface area contributed by atoms with Crippen LogP contribution in [0.5, 0.6) is 0 Å². The van der Waals surface area contributed by atoms with Gasteiger partial charge in [-0.25, -0.2) is 4.98 Å². The molecule has 0 bridgehead atoms. The number of fused-ring (bicyclic) bond motifs is 1. The van der Waals surface area contributed by atoms with E-state index in [2.05, 4.69) is 10.3 Å². The monoisotopic (exact) mass is 397 g/mol. The molecule has 0 saturated carbocycles. The smallest absolute Gasteiger partial charge is 0.278 e. The average Bonchev–Trinajstić information content (AvgIpc) is 2.76. The highest BCUT2D eigenvalue weighted by atomic mass is 16.2. The summed E-state index contributed by atoms with van der Waals surface area (Å²) in [5, 5.41) is 2.77. The largest absolute Gasteiger partial charge is 0.325 e. The average molecular weight is 397 g/mol. The zero-order chi connectivity index (χ0) is 21.1. The lowest BCUT2D eigenvalue weighted by atomic mass is 10.1. The Morgan fingerprint density at radius 3 is 2.43 bits per heavy atom. The third kappa shape index (κ3) is 3.89. The molecule has 4 rings (SSSR count). The molecule has 0 fully saturated rings. The molecule has 0 aliphatic rings. The number of anilines is 1. The molecular formula is C24H19N3O3. The molecule has 1 aromatic heterocycles. The van der Waals surface area contributed by atoms with Gasteiger partial charge in [0.1, 0.15) is 12.2 Å². The molecule has 0 saturated heterocycles. The van der Waals surface area contributed by atoms with Gasteiger partial charge in [0.05, 0.1) is 11.0 Å². The molecular weight excluding hydrogens is 378 g/mol. The van der Waals surface area contributed by atoms with Crippen molar-refractivity contribution < 1.29 is 9.59 Å². The first kappa shape index (κ1) is 19.3. The van der Waals surface area contributed by atoms with Gasteiger partial charge in [0, 0.05) is 16.8 Å². The standard InChI is InChI=1S/C24H19N3O3/c1-16(28)18-10-7-11-19(14-18)25-22(29)15-27-21-13-6-5-12-20(21)26-23(24(27)30)17-8-3-2-4-9-17/h2-14H,15H2,1H3,(H,25,29). The van der Waals surface area contributed by atoms with Crippen LogP contribution in [0.25, 0.3) is 22.3 Å². The lowest BCUT2D eigenvalue weighted by molar-refractivity contribution is -0.116. The van der Waals surface area contributed by atoms with Crippen molar-refractivity contribution in [2.75, 3.05) is 5.32 Å². The van der Waals surface area contributed by atoms with Crippen LogP contribution in [0.2, 0.25) is 0 Å². The minimum atomic E-state index is -0.367. The van der Waals surface area contributed by atoms with Gasteiger partial charge in [-0.2, -0.15) is 0 Å². The van der Waals surface area contributed by atoms with E-state index in [0.717, 1.165) is 0 Å². The number of amides is 1. The number of rotatable bonds is 5. The number of ketones is 1. The number of hydrogen-bond acceptors (Lipinski definition) is 4. The summed E-state index contributed by atoms with van der Waals surface area (Å²) >= 11 is 0. The second kappa shape index (κ2) is 8.13. The maximum absolute atomic E-state index is 13.2. The Bertz CT molecular complexity index is 1310. The Kier molecular flexibility index (Phi) is 5.22. The summed E-state index contributed by atoms with van der Waals surface area (Å²) in [6.45, 7) is 1.29. The molecule has 0 aliphatic carbocycles. The zero-order valence-electron chi connectivity index (χ0n) is 16.3. The third-order valence-electron chi connectivity index (χ3n) is 4.75. The minimum Gasteiger partial charge on any atom is -0.325 e. The highest BCUT2D eigenvalue weighted by molar-refractivity contribution is 5.97. The topological polar surface area (TPSA) is 81.1 Å². The molecule has 1 heterocycles. The molecule has 148 valence electrons. The van der Waals surface area contributed by atoms with Crippen molar-refractivity contribution in [1.29, 1.82) is 0 Å². The maximum atomic E-state index is 13.2. The van der Waals surface area contributed by atoms with E-state index in [1.165, 1.54) is 11.5 Å². The summed E-state index contributed by atoms with van der Waals surface area (Å²) in [4.78, 5) is 42.0. The summed E-state index contributed by atoms with van der Waals surface area (Å²) in [7, 11) is 0. The predicted octanol–water partition coefficient (Wildman–Crippen LogP) is 3.90. The van der Waals surface area contributed by atoms with Crippen LogP contribution in [-0.4, -0.2) is 21.2 Å². The van der Waals surface area contributed by atoms with E-state index < -0.39 is 0 Å². The predicted molar refractivity (Wildman–Crippen MR) is 117 cm³/mol. The summed E-state index contributed by atoms with van der Waals surface area (Å²) in [5.41, 5.74) is 2.86. The van der Waals surface area contributed by atoms with E-state index in [1.54, 1.807) is 36.4 Å². The van der Waals surface area contributed by atoms with E-state index in [-0.39, 0.29) is 23.8 Å². The van der Waals surface area contributed by atoms with Gasteiger partial charge in [-0.1, -0.05) is 54.6 Å². The van der Waals surface area contributed by atoms with Crippen LogP contribution < -0.4 is 10.9 Å². The summed E-state index contributed by atoms with van der Waals surface area (Å²) in [6.07, 6.45) is 0. The van der Waals surface area contributed by atoms with Crippen LogP contribution in [0.15, 0.2) is 83.7 Å². The Labute approximate surface area is 172 Å². The number of nitrogens with zero attached hydrogens (tertiary/aromatic N) is 2. The van der Waals surface area contributed by atoms with Crippen molar-refractivity contribution in [3.05, 3.63) is 94.8 Å². The van der Waals surface area contributed by atoms with Gasteiger partial charge >= 0.3 is 0 Å². The van der Waals surface area contributed by atoms with Gasteiger partial charge in [0.15, 0.2) is 5.78 Å². The van der Waals surface area contributed by atoms with Gasteiger partial charge in [-0.15, -0.1) is 0 Å². The molecule has 4 aromatic rings. The van der Waals surface area contributed by atoms with Crippen molar-refractivity contribution in [3.8, 4) is 11.3 Å². The first-order valence-electron chi connectivity index (χ1n) is 9.49. The molecule has 6 heteroatoms. The van der Waals surface area contributed by atoms with Gasteiger partial charge in [-0.05, 0) is 31.2 Å². The lowest BCUT2D eigenvalue weighted by Gasteiger charge is -2.13. The second-order valence-electron chi connectivity index (χ2n) is 6.89. The molecule has 0 spiro atoms. The van der Waals surface area contributed by atoms with Crippen LogP contribution in [0.3, 0.4) is 0 Å². The summed E-state index contributed by atoms with van der Waals surface area (Å²) in [5.74, 6) is -0.455. The number of hydrogen-bond donors (Lipinski definition) is 1. The number of carbonyl (C=O) groups is 2.